The highest BCUT2D eigenvalue weighted by molar-refractivity contribution is 6.06. The second-order valence-corrected chi connectivity index (χ2v) is 4.58. The van der Waals surface area contributed by atoms with Gasteiger partial charge in [-0.2, -0.15) is 5.10 Å². The molecule has 0 saturated heterocycles. The Morgan fingerprint density at radius 3 is 2.90 bits per heavy atom. The van der Waals surface area contributed by atoms with E-state index in [1.165, 1.54) is 0 Å². The van der Waals surface area contributed by atoms with E-state index < -0.39 is 0 Å². The Bertz CT molecular complexity index is 810. The van der Waals surface area contributed by atoms with Crippen LogP contribution in [-0.4, -0.2) is 23.2 Å². The van der Waals surface area contributed by atoms with E-state index >= 15 is 0 Å². The number of aromatic nitrogens is 2. The van der Waals surface area contributed by atoms with E-state index in [2.05, 4.69) is 15.5 Å². The molecule has 0 aliphatic carbocycles. The maximum atomic E-state index is 12.2. The van der Waals surface area contributed by atoms with Gasteiger partial charge in [-0.1, -0.05) is 6.07 Å². The van der Waals surface area contributed by atoms with Gasteiger partial charge in [0.05, 0.1) is 24.5 Å². The number of nitrogens with two attached hydrogens (primary N) is 1. The molecule has 3 aromatic rings. The Kier molecular flexibility index (Phi) is 3.19. The molecule has 1 amide bonds. The predicted octanol–water partition coefficient (Wildman–Crippen LogP) is 2.41. The quantitative estimate of drug-likeness (QED) is 0.643. The first-order valence-corrected chi connectivity index (χ1v) is 6.35. The fraction of sp³-hybridized carbons (Fsp3) is 0.0667. The van der Waals surface area contributed by atoms with E-state index in [4.69, 9.17) is 10.5 Å². The molecule has 0 unspecified atom stereocenters. The maximum absolute atomic E-state index is 12.2. The van der Waals surface area contributed by atoms with Crippen molar-refractivity contribution in [2.24, 2.45) is 0 Å². The largest absolute Gasteiger partial charge is 0.495 e. The van der Waals surface area contributed by atoms with Gasteiger partial charge in [-0.3, -0.25) is 9.89 Å². The number of nitrogens with zero attached hydrogens (tertiary/aromatic N) is 1. The van der Waals surface area contributed by atoms with Crippen LogP contribution in [0.3, 0.4) is 0 Å². The summed E-state index contributed by atoms with van der Waals surface area (Å²) in [5, 5.41) is 10.5. The smallest absolute Gasteiger partial charge is 0.255 e. The molecule has 6 heteroatoms. The lowest BCUT2D eigenvalue weighted by Crippen LogP contribution is -2.12. The van der Waals surface area contributed by atoms with Crippen molar-refractivity contribution in [1.82, 2.24) is 10.2 Å². The fourth-order valence-electron chi connectivity index (χ4n) is 2.09. The van der Waals surface area contributed by atoms with Crippen molar-refractivity contribution >= 4 is 28.2 Å². The summed E-state index contributed by atoms with van der Waals surface area (Å²) in [5.74, 6) is 0.364. The first-order valence-electron chi connectivity index (χ1n) is 6.35. The molecule has 0 fully saturated rings. The minimum absolute atomic E-state index is 0.212. The zero-order valence-electron chi connectivity index (χ0n) is 11.4. The number of hydrogen-bond acceptors (Lipinski definition) is 4. The van der Waals surface area contributed by atoms with Gasteiger partial charge in [0, 0.05) is 16.6 Å². The number of anilines is 2. The van der Waals surface area contributed by atoms with E-state index in [0.29, 0.717) is 22.7 Å². The fourth-order valence-corrected chi connectivity index (χ4v) is 2.09. The van der Waals surface area contributed by atoms with Crippen LogP contribution in [0.2, 0.25) is 0 Å². The molecule has 1 heterocycles. The number of nitrogen functional groups attached to an aromatic ring is 1. The third kappa shape index (κ3) is 2.51. The van der Waals surface area contributed by atoms with Crippen molar-refractivity contribution in [3.05, 3.63) is 48.2 Å². The van der Waals surface area contributed by atoms with Crippen LogP contribution in [-0.2, 0) is 0 Å². The van der Waals surface area contributed by atoms with Crippen molar-refractivity contribution < 1.29 is 9.53 Å². The van der Waals surface area contributed by atoms with E-state index in [0.717, 1.165) is 10.9 Å². The molecule has 106 valence electrons. The molecule has 0 aliphatic heterocycles. The topological polar surface area (TPSA) is 93.0 Å². The van der Waals surface area contributed by atoms with Gasteiger partial charge < -0.3 is 15.8 Å². The molecule has 0 bridgehead atoms. The highest BCUT2D eigenvalue weighted by Crippen LogP contribution is 2.25. The van der Waals surface area contributed by atoms with Gasteiger partial charge >= 0.3 is 0 Å². The minimum atomic E-state index is -0.212. The van der Waals surface area contributed by atoms with Crippen LogP contribution in [0.15, 0.2) is 42.6 Å². The van der Waals surface area contributed by atoms with E-state index in [1.54, 1.807) is 43.6 Å². The third-order valence-corrected chi connectivity index (χ3v) is 3.19. The van der Waals surface area contributed by atoms with Gasteiger partial charge in [0.25, 0.3) is 5.91 Å². The van der Waals surface area contributed by atoms with Crippen molar-refractivity contribution in [2.45, 2.75) is 0 Å². The van der Waals surface area contributed by atoms with E-state index in [9.17, 15) is 4.79 Å². The summed E-state index contributed by atoms with van der Waals surface area (Å²) in [7, 11) is 1.55. The number of H-pyrrole nitrogens is 1. The Hall–Kier alpha value is -3.02. The van der Waals surface area contributed by atoms with Crippen LogP contribution in [0, 0.1) is 0 Å². The Balaban J connectivity index is 1.83. The van der Waals surface area contributed by atoms with Crippen molar-refractivity contribution in [3.63, 3.8) is 0 Å². The van der Waals surface area contributed by atoms with Gasteiger partial charge in [-0.25, -0.2) is 0 Å². The van der Waals surface area contributed by atoms with Crippen LogP contribution in [0.25, 0.3) is 10.9 Å². The second-order valence-electron chi connectivity index (χ2n) is 4.58. The van der Waals surface area contributed by atoms with Gasteiger partial charge in [-0.15, -0.1) is 0 Å². The van der Waals surface area contributed by atoms with Gasteiger partial charge in [0.2, 0.25) is 0 Å². The molecule has 4 N–H and O–H groups in total. The number of benzene rings is 2. The first-order chi connectivity index (χ1) is 10.2. The van der Waals surface area contributed by atoms with Gasteiger partial charge in [-0.05, 0) is 30.3 Å². The van der Waals surface area contributed by atoms with Gasteiger partial charge in [0.15, 0.2) is 0 Å². The molecule has 0 atom stereocenters. The third-order valence-electron chi connectivity index (χ3n) is 3.19. The van der Waals surface area contributed by atoms with Gasteiger partial charge in [0.1, 0.15) is 5.75 Å². The molecule has 2 aromatic carbocycles. The summed E-state index contributed by atoms with van der Waals surface area (Å²) in [6, 6.07) is 10.5. The monoisotopic (exact) mass is 282 g/mol. The highest BCUT2D eigenvalue weighted by atomic mass is 16.5. The SMILES string of the molecule is COc1ccc(NC(=O)c2ccc3cn[nH]c3c2)cc1N. The van der Waals surface area contributed by atoms with Crippen LogP contribution < -0.4 is 15.8 Å². The maximum Gasteiger partial charge on any atom is 0.255 e. The highest BCUT2D eigenvalue weighted by Gasteiger charge is 2.09. The number of carbonyl (C=O) groups excluding carboxylic acids is 1. The molecule has 1 aromatic heterocycles. The zero-order chi connectivity index (χ0) is 14.8. The van der Waals surface area contributed by atoms with Crippen LogP contribution in [0.5, 0.6) is 5.75 Å². The number of fused-ring (bicyclic) bond motifs is 1. The van der Waals surface area contributed by atoms with Crippen LogP contribution >= 0.6 is 0 Å². The summed E-state index contributed by atoms with van der Waals surface area (Å²) in [5.41, 5.74) is 8.26. The molecule has 0 spiro atoms. The number of hydrogen-bond donors (Lipinski definition) is 3. The second kappa shape index (κ2) is 5.16. The number of aromatic amines is 1. The summed E-state index contributed by atoms with van der Waals surface area (Å²) in [6.45, 7) is 0. The molecule has 0 saturated carbocycles. The molecule has 3 rings (SSSR count). The Labute approximate surface area is 120 Å². The van der Waals surface area contributed by atoms with Crippen molar-refractivity contribution in [2.75, 3.05) is 18.2 Å². The number of carbonyl (C=O) groups is 1. The number of ether oxygens (including phenoxy) is 1. The Morgan fingerprint density at radius 1 is 1.29 bits per heavy atom. The molecule has 21 heavy (non-hydrogen) atoms. The standard InChI is InChI=1S/C15H14N4O2/c1-21-14-5-4-11(7-12(14)16)18-15(20)9-2-3-10-8-17-19-13(10)6-9/h2-8H,16H2,1H3,(H,17,19)(H,18,20). The van der Waals surface area contributed by atoms with E-state index in [1.807, 2.05) is 6.07 Å². The lowest BCUT2D eigenvalue weighted by atomic mass is 10.1. The van der Waals surface area contributed by atoms with Crippen molar-refractivity contribution in [1.29, 1.82) is 0 Å². The van der Waals surface area contributed by atoms with Crippen LogP contribution in [0.4, 0.5) is 11.4 Å². The summed E-state index contributed by atoms with van der Waals surface area (Å²) < 4.78 is 5.08. The number of methoxy groups -OCH3 is 1. The average Bonchev–Trinajstić information content (AvgIpc) is 2.94. The number of rotatable bonds is 3. The Morgan fingerprint density at radius 2 is 2.14 bits per heavy atom. The summed E-state index contributed by atoms with van der Waals surface area (Å²) >= 11 is 0. The molecule has 0 radical (unpaired) electrons. The summed E-state index contributed by atoms with van der Waals surface area (Å²) in [6.07, 6.45) is 1.71. The predicted molar refractivity (Wildman–Crippen MR) is 81.5 cm³/mol. The lowest BCUT2D eigenvalue weighted by molar-refractivity contribution is 0.102. The molecular weight excluding hydrogens is 268 g/mol. The van der Waals surface area contributed by atoms with E-state index in [-0.39, 0.29) is 5.91 Å². The minimum Gasteiger partial charge on any atom is -0.495 e. The molecule has 0 aliphatic rings. The normalized spacial score (nSPS) is 10.5. The summed E-state index contributed by atoms with van der Waals surface area (Å²) in [4.78, 5) is 12.2. The molecule has 6 nitrogen and oxygen atoms in total. The molecular formula is C15H14N4O2. The average molecular weight is 282 g/mol. The first kappa shape index (κ1) is 13.0. The van der Waals surface area contributed by atoms with Crippen LogP contribution in [0.1, 0.15) is 10.4 Å². The number of nitrogens with one attached hydrogen (secondary N) is 2. The van der Waals surface area contributed by atoms with Crippen molar-refractivity contribution in [3.8, 4) is 5.75 Å². The zero-order valence-corrected chi connectivity index (χ0v) is 11.4. The lowest BCUT2D eigenvalue weighted by Gasteiger charge is -2.09. The number of amides is 1.